The molecule has 3 aromatic rings. The molecule has 0 aliphatic rings. The van der Waals surface area contributed by atoms with Crippen molar-refractivity contribution in [1.82, 2.24) is 10.2 Å². The van der Waals surface area contributed by atoms with Crippen LogP contribution >= 0.6 is 22.9 Å². The standard InChI is InChI=1S/C19H16ClN3O4S/c20-13-4-6-14(7-5-13)21-18(26)19-23-22-16(28-19)11-27-15-8-1-12(2-9-15)3-10-17(24)25/h1-2,4-9H,3,10-11H2,(H,21,26)(H,24,25). The highest BCUT2D eigenvalue weighted by Crippen LogP contribution is 2.19. The molecular weight excluding hydrogens is 402 g/mol. The maximum Gasteiger partial charge on any atom is 0.303 e. The lowest BCUT2D eigenvalue weighted by Gasteiger charge is -2.05. The molecule has 0 radical (unpaired) electrons. The van der Waals surface area contributed by atoms with E-state index in [4.69, 9.17) is 21.4 Å². The summed E-state index contributed by atoms with van der Waals surface area (Å²) >= 11 is 6.97. The smallest absolute Gasteiger partial charge is 0.303 e. The van der Waals surface area contributed by atoms with Crippen LogP contribution < -0.4 is 10.1 Å². The predicted molar refractivity (Wildman–Crippen MR) is 106 cm³/mol. The second-order valence-electron chi connectivity index (χ2n) is 5.79. The SMILES string of the molecule is O=C(O)CCc1ccc(OCc2nnc(C(=O)Nc3ccc(Cl)cc3)s2)cc1. The van der Waals surface area contributed by atoms with Crippen molar-refractivity contribution < 1.29 is 19.4 Å². The monoisotopic (exact) mass is 417 g/mol. The van der Waals surface area contributed by atoms with E-state index in [-0.39, 0.29) is 23.9 Å². The second kappa shape index (κ2) is 9.29. The molecule has 0 saturated heterocycles. The minimum Gasteiger partial charge on any atom is -0.486 e. The van der Waals surface area contributed by atoms with Crippen molar-refractivity contribution in [3.63, 3.8) is 0 Å². The summed E-state index contributed by atoms with van der Waals surface area (Å²) in [7, 11) is 0. The van der Waals surface area contributed by atoms with Crippen LogP contribution in [-0.2, 0) is 17.8 Å². The largest absolute Gasteiger partial charge is 0.486 e. The summed E-state index contributed by atoms with van der Waals surface area (Å²) in [4.78, 5) is 22.8. The van der Waals surface area contributed by atoms with Gasteiger partial charge in [-0.2, -0.15) is 0 Å². The molecule has 0 unspecified atom stereocenters. The molecule has 0 atom stereocenters. The fourth-order valence-electron chi connectivity index (χ4n) is 2.27. The second-order valence-corrected chi connectivity index (χ2v) is 7.29. The van der Waals surface area contributed by atoms with Gasteiger partial charge in [0.25, 0.3) is 5.91 Å². The summed E-state index contributed by atoms with van der Waals surface area (Å²) in [5.74, 6) is -0.553. The fourth-order valence-corrected chi connectivity index (χ4v) is 3.04. The van der Waals surface area contributed by atoms with Crippen molar-refractivity contribution in [3.05, 3.63) is 69.1 Å². The van der Waals surface area contributed by atoms with Crippen molar-refractivity contribution in [3.8, 4) is 5.75 Å². The lowest BCUT2D eigenvalue weighted by atomic mass is 10.1. The topological polar surface area (TPSA) is 101 Å². The van der Waals surface area contributed by atoms with Crippen molar-refractivity contribution in [2.45, 2.75) is 19.4 Å². The third-order valence-corrected chi connectivity index (χ3v) is 4.82. The molecule has 1 amide bonds. The molecule has 144 valence electrons. The molecule has 0 fully saturated rings. The number of halogens is 1. The number of ether oxygens (including phenoxy) is 1. The lowest BCUT2D eigenvalue weighted by molar-refractivity contribution is -0.136. The molecule has 1 aromatic heterocycles. The van der Waals surface area contributed by atoms with E-state index < -0.39 is 5.97 Å². The quantitative estimate of drug-likeness (QED) is 0.573. The van der Waals surface area contributed by atoms with Crippen molar-refractivity contribution in [1.29, 1.82) is 0 Å². The van der Waals surface area contributed by atoms with Crippen LogP contribution in [0.15, 0.2) is 48.5 Å². The van der Waals surface area contributed by atoms with Crippen LogP contribution in [0.4, 0.5) is 5.69 Å². The number of aromatic nitrogens is 2. The molecule has 7 nitrogen and oxygen atoms in total. The molecule has 28 heavy (non-hydrogen) atoms. The molecule has 0 saturated carbocycles. The third kappa shape index (κ3) is 5.77. The van der Waals surface area contributed by atoms with Gasteiger partial charge in [0.1, 0.15) is 12.4 Å². The zero-order valence-electron chi connectivity index (χ0n) is 14.6. The van der Waals surface area contributed by atoms with E-state index in [9.17, 15) is 9.59 Å². The lowest BCUT2D eigenvalue weighted by Crippen LogP contribution is -2.11. The number of carboxylic acid groups (broad SMARTS) is 1. The average Bonchev–Trinajstić information content (AvgIpc) is 3.16. The van der Waals surface area contributed by atoms with E-state index in [1.807, 2.05) is 12.1 Å². The van der Waals surface area contributed by atoms with E-state index in [0.29, 0.717) is 27.9 Å². The number of nitrogens with one attached hydrogen (secondary N) is 1. The Morgan fingerprint density at radius 1 is 1.07 bits per heavy atom. The highest BCUT2D eigenvalue weighted by atomic mass is 35.5. The molecule has 0 spiro atoms. The maximum absolute atomic E-state index is 12.2. The Hall–Kier alpha value is -2.97. The molecule has 0 bridgehead atoms. The van der Waals surface area contributed by atoms with E-state index in [1.54, 1.807) is 36.4 Å². The Morgan fingerprint density at radius 2 is 1.79 bits per heavy atom. The van der Waals surface area contributed by atoms with E-state index in [1.165, 1.54) is 0 Å². The Balaban J connectivity index is 1.52. The van der Waals surface area contributed by atoms with Crippen LogP contribution in [0.2, 0.25) is 5.02 Å². The van der Waals surface area contributed by atoms with Crippen LogP contribution in [0.1, 0.15) is 26.8 Å². The number of rotatable bonds is 8. The van der Waals surface area contributed by atoms with Crippen LogP contribution in [0.25, 0.3) is 0 Å². The maximum atomic E-state index is 12.2. The summed E-state index contributed by atoms with van der Waals surface area (Å²) in [6.07, 6.45) is 0.559. The number of nitrogens with zero attached hydrogens (tertiary/aromatic N) is 2. The number of anilines is 1. The number of aliphatic carboxylic acids is 1. The number of carbonyl (C=O) groups excluding carboxylic acids is 1. The first-order valence-corrected chi connectivity index (χ1v) is 9.52. The summed E-state index contributed by atoms with van der Waals surface area (Å²) in [5, 5.41) is 20.7. The predicted octanol–water partition coefficient (Wildman–Crippen LogP) is 4.04. The zero-order valence-corrected chi connectivity index (χ0v) is 16.2. The van der Waals surface area contributed by atoms with Crippen LogP contribution in [0, 0.1) is 0 Å². The summed E-state index contributed by atoms with van der Waals surface area (Å²) in [6, 6.07) is 14.0. The van der Waals surface area contributed by atoms with E-state index in [2.05, 4.69) is 15.5 Å². The minimum absolute atomic E-state index is 0.0891. The highest BCUT2D eigenvalue weighted by molar-refractivity contribution is 7.13. The average molecular weight is 418 g/mol. The van der Waals surface area contributed by atoms with Gasteiger partial charge in [0.05, 0.1) is 0 Å². The van der Waals surface area contributed by atoms with Gasteiger partial charge in [-0.25, -0.2) is 0 Å². The molecule has 1 heterocycles. The van der Waals surface area contributed by atoms with Crippen molar-refractivity contribution >= 4 is 40.5 Å². The van der Waals surface area contributed by atoms with Crippen LogP contribution in [0.5, 0.6) is 5.75 Å². The van der Waals surface area contributed by atoms with Gasteiger partial charge in [-0.15, -0.1) is 10.2 Å². The third-order valence-electron chi connectivity index (χ3n) is 3.68. The van der Waals surface area contributed by atoms with Crippen molar-refractivity contribution in [2.75, 3.05) is 5.32 Å². The number of carbonyl (C=O) groups is 2. The summed E-state index contributed by atoms with van der Waals surface area (Å²) in [6.45, 7) is 0.181. The Bertz CT molecular complexity index is 958. The number of hydrogen-bond acceptors (Lipinski definition) is 6. The summed E-state index contributed by atoms with van der Waals surface area (Å²) < 4.78 is 5.64. The summed E-state index contributed by atoms with van der Waals surface area (Å²) in [5.41, 5.74) is 1.54. The Morgan fingerprint density at radius 3 is 2.46 bits per heavy atom. The van der Waals surface area contributed by atoms with Gasteiger partial charge in [-0.1, -0.05) is 35.1 Å². The van der Waals surface area contributed by atoms with E-state index >= 15 is 0 Å². The van der Waals surface area contributed by atoms with Gasteiger partial charge in [0.2, 0.25) is 5.01 Å². The number of hydrogen-bond donors (Lipinski definition) is 2. The first-order valence-electron chi connectivity index (χ1n) is 8.32. The fraction of sp³-hybridized carbons (Fsp3) is 0.158. The molecule has 2 N–H and O–H groups in total. The highest BCUT2D eigenvalue weighted by Gasteiger charge is 2.13. The molecule has 9 heteroatoms. The van der Waals surface area contributed by atoms with Gasteiger partial charge < -0.3 is 15.2 Å². The molecule has 3 rings (SSSR count). The first kappa shape index (κ1) is 19.8. The van der Waals surface area contributed by atoms with Gasteiger partial charge >= 0.3 is 5.97 Å². The minimum atomic E-state index is -0.826. The zero-order chi connectivity index (χ0) is 19.9. The Kier molecular flexibility index (Phi) is 6.57. The van der Waals surface area contributed by atoms with Crippen molar-refractivity contribution in [2.24, 2.45) is 0 Å². The molecule has 0 aliphatic carbocycles. The van der Waals surface area contributed by atoms with Gasteiger partial charge in [0, 0.05) is 17.1 Å². The number of amides is 1. The normalized spacial score (nSPS) is 10.5. The number of aryl methyl sites for hydroxylation is 1. The van der Waals surface area contributed by atoms with Gasteiger partial charge in [-0.3, -0.25) is 9.59 Å². The van der Waals surface area contributed by atoms with Gasteiger partial charge in [-0.05, 0) is 48.4 Å². The van der Waals surface area contributed by atoms with Crippen LogP contribution in [0.3, 0.4) is 0 Å². The molecular formula is C19H16ClN3O4S. The first-order chi connectivity index (χ1) is 13.5. The number of carboxylic acids is 1. The van der Waals surface area contributed by atoms with Gasteiger partial charge in [0.15, 0.2) is 5.01 Å². The van der Waals surface area contributed by atoms with Crippen LogP contribution in [-0.4, -0.2) is 27.2 Å². The molecule has 2 aromatic carbocycles. The van der Waals surface area contributed by atoms with E-state index in [0.717, 1.165) is 16.9 Å². The Labute approximate surface area is 170 Å². The molecule has 0 aliphatic heterocycles. The number of benzene rings is 2.